The Bertz CT molecular complexity index is 587. The number of pyridine rings is 1. The lowest BCUT2D eigenvalue weighted by molar-refractivity contribution is 0.119. The lowest BCUT2D eigenvalue weighted by Gasteiger charge is -2.15. The number of aliphatic hydroxyl groups excluding tert-OH is 1. The molecule has 0 aromatic carbocycles. The van der Waals surface area contributed by atoms with Crippen LogP contribution in [0.1, 0.15) is 43.9 Å². The molecule has 3 rings (SSSR count). The van der Waals surface area contributed by atoms with Crippen LogP contribution in [0.25, 0.3) is 11.4 Å². The van der Waals surface area contributed by atoms with Gasteiger partial charge in [-0.05, 0) is 34.8 Å². The maximum absolute atomic E-state index is 10.2. The first kappa shape index (κ1) is 13.7. The number of nitrogens with zero attached hydrogens (tertiary/aromatic N) is 3. The number of rotatable bonds is 2. The normalized spacial score (nSPS) is 23.5. The molecule has 2 atom stereocenters. The molecular weight excluding hydrogens is 322 g/mol. The van der Waals surface area contributed by atoms with Gasteiger partial charge in [-0.3, -0.25) is 4.98 Å². The summed E-state index contributed by atoms with van der Waals surface area (Å²) in [5.74, 6) is 1.01. The molecule has 1 N–H and O–H groups in total. The predicted octanol–water partition coefficient (Wildman–Crippen LogP) is 3.30. The molecule has 2 unspecified atom stereocenters. The van der Waals surface area contributed by atoms with E-state index in [-0.39, 0.29) is 12.0 Å². The van der Waals surface area contributed by atoms with Gasteiger partial charge in [-0.25, -0.2) is 0 Å². The molecule has 0 amide bonds. The molecule has 0 radical (unpaired) electrons. The van der Waals surface area contributed by atoms with Gasteiger partial charge in [0.2, 0.25) is 11.7 Å². The van der Waals surface area contributed by atoms with Crippen molar-refractivity contribution in [3.05, 3.63) is 28.8 Å². The van der Waals surface area contributed by atoms with E-state index in [1.807, 2.05) is 6.07 Å². The van der Waals surface area contributed by atoms with Crippen molar-refractivity contribution < 1.29 is 9.63 Å². The molecule has 0 saturated heterocycles. The summed E-state index contributed by atoms with van der Waals surface area (Å²) >= 11 is 3.37. The second-order valence-corrected chi connectivity index (χ2v) is 6.08. The summed E-state index contributed by atoms with van der Waals surface area (Å²) in [6.07, 6.45) is 8.05. The van der Waals surface area contributed by atoms with E-state index < -0.39 is 0 Å². The summed E-state index contributed by atoms with van der Waals surface area (Å²) in [5.41, 5.74) is 0.803. The van der Waals surface area contributed by atoms with Crippen LogP contribution in [0.2, 0.25) is 0 Å². The van der Waals surface area contributed by atoms with E-state index in [9.17, 15) is 5.11 Å². The Kier molecular flexibility index (Phi) is 4.12. The minimum absolute atomic E-state index is 0.0427. The average Bonchev–Trinajstić information content (AvgIpc) is 2.82. The summed E-state index contributed by atoms with van der Waals surface area (Å²) in [6.45, 7) is 0. The molecule has 1 fully saturated rings. The smallest absolute Gasteiger partial charge is 0.232 e. The third-order valence-electron chi connectivity index (χ3n) is 3.70. The monoisotopic (exact) mass is 337 g/mol. The van der Waals surface area contributed by atoms with Crippen LogP contribution >= 0.6 is 15.9 Å². The lowest BCUT2D eigenvalue weighted by Crippen LogP contribution is -2.17. The van der Waals surface area contributed by atoms with Gasteiger partial charge < -0.3 is 9.63 Å². The first-order valence-corrected chi connectivity index (χ1v) is 7.66. The van der Waals surface area contributed by atoms with Gasteiger partial charge in [-0.1, -0.05) is 24.4 Å². The molecule has 5 nitrogen and oxygen atoms in total. The van der Waals surface area contributed by atoms with Crippen molar-refractivity contribution in [3.63, 3.8) is 0 Å². The van der Waals surface area contributed by atoms with E-state index in [0.29, 0.717) is 11.7 Å². The highest BCUT2D eigenvalue weighted by molar-refractivity contribution is 9.10. The Morgan fingerprint density at radius 2 is 2.05 bits per heavy atom. The summed E-state index contributed by atoms with van der Waals surface area (Å²) in [7, 11) is 0. The van der Waals surface area contributed by atoms with Crippen molar-refractivity contribution in [2.75, 3.05) is 0 Å². The van der Waals surface area contributed by atoms with Crippen LogP contribution in [0.3, 0.4) is 0 Å². The maximum Gasteiger partial charge on any atom is 0.232 e. The second kappa shape index (κ2) is 6.01. The second-order valence-electron chi connectivity index (χ2n) is 5.16. The quantitative estimate of drug-likeness (QED) is 0.851. The zero-order valence-electron chi connectivity index (χ0n) is 11.0. The summed E-state index contributed by atoms with van der Waals surface area (Å²) < 4.78 is 6.23. The average molecular weight is 338 g/mol. The first-order valence-electron chi connectivity index (χ1n) is 6.86. The highest BCUT2D eigenvalue weighted by atomic mass is 79.9. The zero-order valence-corrected chi connectivity index (χ0v) is 12.6. The Labute approximate surface area is 125 Å². The molecule has 0 aliphatic heterocycles. The van der Waals surface area contributed by atoms with Gasteiger partial charge in [-0.2, -0.15) is 4.98 Å². The van der Waals surface area contributed by atoms with Crippen LogP contribution in [-0.4, -0.2) is 26.3 Å². The minimum atomic E-state index is -0.383. The lowest BCUT2D eigenvalue weighted by atomic mass is 9.97. The Hall–Kier alpha value is -1.27. The molecule has 1 aliphatic rings. The molecule has 0 bridgehead atoms. The van der Waals surface area contributed by atoms with E-state index >= 15 is 0 Å². The molecule has 6 heteroatoms. The van der Waals surface area contributed by atoms with Crippen molar-refractivity contribution in [3.8, 4) is 11.4 Å². The van der Waals surface area contributed by atoms with E-state index in [2.05, 4.69) is 31.1 Å². The van der Waals surface area contributed by atoms with Gasteiger partial charge in [0.15, 0.2) is 0 Å². The fraction of sp³-hybridized carbons (Fsp3) is 0.500. The molecular formula is C14H16BrN3O2. The summed E-state index contributed by atoms with van der Waals surface area (Å²) in [5, 5.41) is 14.2. The predicted molar refractivity (Wildman–Crippen MR) is 77.1 cm³/mol. The van der Waals surface area contributed by atoms with Gasteiger partial charge in [0.25, 0.3) is 0 Å². The SMILES string of the molecule is OC1CCCCCC1c1nc(-c2cncc(Br)c2)no1. The van der Waals surface area contributed by atoms with Crippen LogP contribution in [0.5, 0.6) is 0 Å². The highest BCUT2D eigenvalue weighted by Crippen LogP contribution is 2.32. The fourth-order valence-corrected chi connectivity index (χ4v) is 2.98. The molecule has 2 aromatic rings. The molecule has 106 valence electrons. The van der Waals surface area contributed by atoms with E-state index in [4.69, 9.17) is 4.52 Å². The van der Waals surface area contributed by atoms with Crippen molar-refractivity contribution >= 4 is 15.9 Å². The summed E-state index contributed by atoms with van der Waals surface area (Å²) in [4.78, 5) is 8.53. The first-order chi connectivity index (χ1) is 9.74. The minimum Gasteiger partial charge on any atom is -0.392 e. The molecule has 0 spiro atoms. The van der Waals surface area contributed by atoms with Gasteiger partial charge in [-0.15, -0.1) is 0 Å². The van der Waals surface area contributed by atoms with E-state index in [0.717, 1.165) is 42.1 Å². The van der Waals surface area contributed by atoms with Gasteiger partial charge in [0, 0.05) is 22.4 Å². The Morgan fingerprint density at radius 1 is 1.20 bits per heavy atom. The molecule has 20 heavy (non-hydrogen) atoms. The largest absolute Gasteiger partial charge is 0.392 e. The standard InChI is InChI=1S/C14H16BrN3O2/c15-10-6-9(7-16-8-10)13-17-14(20-18-13)11-4-2-1-3-5-12(11)19/h6-8,11-12,19H,1-5H2. The number of aromatic nitrogens is 3. The van der Waals surface area contributed by atoms with Crippen molar-refractivity contribution in [1.29, 1.82) is 0 Å². The Morgan fingerprint density at radius 3 is 2.90 bits per heavy atom. The number of aliphatic hydroxyl groups is 1. The van der Waals surface area contributed by atoms with Crippen LogP contribution < -0.4 is 0 Å². The Balaban J connectivity index is 1.86. The van der Waals surface area contributed by atoms with Crippen LogP contribution in [-0.2, 0) is 0 Å². The van der Waals surface area contributed by atoms with Crippen LogP contribution in [0.4, 0.5) is 0 Å². The van der Waals surface area contributed by atoms with Gasteiger partial charge in [0.1, 0.15) is 0 Å². The van der Waals surface area contributed by atoms with Crippen LogP contribution in [0.15, 0.2) is 27.5 Å². The topological polar surface area (TPSA) is 72.0 Å². The third-order valence-corrected chi connectivity index (χ3v) is 4.14. The molecule has 1 aliphatic carbocycles. The number of hydrogen-bond donors (Lipinski definition) is 1. The fourth-order valence-electron chi connectivity index (χ4n) is 2.61. The van der Waals surface area contributed by atoms with E-state index in [1.165, 1.54) is 0 Å². The molecule has 1 saturated carbocycles. The van der Waals surface area contributed by atoms with Crippen molar-refractivity contribution in [2.45, 2.75) is 44.1 Å². The molecule has 2 aromatic heterocycles. The zero-order chi connectivity index (χ0) is 13.9. The van der Waals surface area contributed by atoms with Crippen molar-refractivity contribution in [2.24, 2.45) is 0 Å². The van der Waals surface area contributed by atoms with E-state index in [1.54, 1.807) is 12.4 Å². The number of hydrogen-bond acceptors (Lipinski definition) is 5. The number of halogens is 1. The summed E-state index contributed by atoms with van der Waals surface area (Å²) in [6, 6.07) is 1.89. The highest BCUT2D eigenvalue weighted by Gasteiger charge is 2.28. The third kappa shape index (κ3) is 2.91. The van der Waals surface area contributed by atoms with Gasteiger partial charge in [0.05, 0.1) is 12.0 Å². The molecule has 2 heterocycles. The van der Waals surface area contributed by atoms with Gasteiger partial charge >= 0.3 is 0 Å². The maximum atomic E-state index is 10.2. The van der Waals surface area contributed by atoms with Crippen molar-refractivity contribution in [1.82, 2.24) is 15.1 Å². The van der Waals surface area contributed by atoms with Crippen LogP contribution in [0, 0.1) is 0 Å².